The second-order valence-electron chi connectivity index (χ2n) is 10.2. The molecule has 2 N–H and O–H groups in total. The number of ether oxygens (including phenoxy) is 1. The molecule has 0 unspecified atom stereocenters. The number of nitrogens with two attached hydrogens (primary N) is 1. The van der Waals surface area contributed by atoms with Crippen LogP contribution in [-0.2, 0) is 18.3 Å². The monoisotopic (exact) mass is 506 g/mol. The van der Waals surface area contributed by atoms with E-state index in [1.165, 1.54) is 4.88 Å². The highest BCUT2D eigenvalue weighted by molar-refractivity contribution is 7.15. The third-order valence-electron chi connectivity index (χ3n) is 7.28. The van der Waals surface area contributed by atoms with Crippen molar-refractivity contribution in [2.24, 2.45) is 7.05 Å². The minimum atomic E-state index is -0.344. The first-order chi connectivity index (χ1) is 17.4. The molecule has 2 fully saturated rings. The molecule has 7 nitrogen and oxygen atoms in total. The fraction of sp³-hybridized carbons (Fsp3) is 0.444. The number of nitrogen functional groups attached to an aromatic ring is 1. The van der Waals surface area contributed by atoms with Crippen LogP contribution >= 0.6 is 11.3 Å². The fourth-order valence-corrected chi connectivity index (χ4v) is 6.63. The number of benzene rings is 1. The molecule has 4 aromatic rings. The number of thiazole rings is 1. The van der Waals surface area contributed by atoms with Gasteiger partial charge in [-0.3, -0.25) is 4.68 Å². The second kappa shape index (κ2) is 9.21. The van der Waals surface area contributed by atoms with Crippen molar-refractivity contribution in [3.05, 3.63) is 46.6 Å². The predicted octanol–water partition coefficient (Wildman–Crippen LogP) is 5.31. The van der Waals surface area contributed by atoms with Gasteiger partial charge in [-0.2, -0.15) is 5.10 Å². The SMILES string of the molecule is CN(C)Cc1nc(-c2cnc(N)c3c(F)c(-c4cnn(C)c4C4CC4)ccc23)sc1C1CCOCC1. The van der Waals surface area contributed by atoms with Crippen LogP contribution in [0.3, 0.4) is 0 Å². The summed E-state index contributed by atoms with van der Waals surface area (Å²) in [5, 5.41) is 6.38. The number of halogens is 1. The van der Waals surface area contributed by atoms with E-state index < -0.39 is 0 Å². The lowest BCUT2D eigenvalue weighted by Crippen LogP contribution is -2.17. The lowest BCUT2D eigenvalue weighted by Gasteiger charge is -2.22. The highest BCUT2D eigenvalue weighted by Crippen LogP contribution is 2.46. The van der Waals surface area contributed by atoms with Crippen molar-refractivity contribution < 1.29 is 9.13 Å². The Kier molecular flexibility index (Phi) is 6.02. The van der Waals surface area contributed by atoms with Gasteiger partial charge in [-0.05, 0) is 45.7 Å². The molecule has 1 aliphatic heterocycles. The molecule has 1 saturated heterocycles. The van der Waals surface area contributed by atoms with E-state index in [1.807, 2.05) is 23.9 Å². The van der Waals surface area contributed by atoms with E-state index >= 15 is 4.39 Å². The standard InChI is InChI=1S/C27H31FN6OS/c1-33(2)14-21-25(16-8-10-35-11-9-16)36-27(32-21)20-12-30-26(29)22-17(20)6-7-18(23(22)28)19-13-31-34(3)24(19)15-4-5-15/h6-7,12-13,15-16H,4-5,8-11,14H2,1-3H3,(H2,29,30). The summed E-state index contributed by atoms with van der Waals surface area (Å²) in [6, 6.07) is 3.82. The number of fused-ring (bicyclic) bond motifs is 1. The molecule has 4 heterocycles. The van der Waals surface area contributed by atoms with Crippen LogP contribution in [0, 0.1) is 5.82 Å². The maximum atomic E-state index is 16.1. The summed E-state index contributed by atoms with van der Waals surface area (Å²) < 4.78 is 23.6. The van der Waals surface area contributed by atoms with Gasteiger partial charge in [0.15, 0.2) is 0 Å². The van der Waals surface area contributed by atoms with E-state index in [1.54, 1.807) is 23.7 Å². The average Bonchev–Trinajstić information content (AvgIpc) is 3.50. The van der Waals surface area contributed by atoms with Crippen molar-refractivity contribution in [3.63, 3.8) is 0 Å². The summed E-state index contributed by atoms with van der Waals surface area (Å²) in [6.45, 7) is 2.31. The summed E-state index contributed by atoms with van der Waals surface area (Å²) in [6.07, 6.45) is 7.72. The molecule has 3 aromatic heterocycles. The second-order valence-corrected chi connectivity index (χ2v) is 11.2. The van der Waals surface area contributed by atoms with E-state index in [0.717, 1.165) is 78.4 Å². The Labute approximate surface area is 214 Å². The summed E-state index contributed by atoms with van der Waals surface area (Å²) >= 11 is 1.70. The van der Waals surface area contributed by atoms with Crippen LogP contribution in [0.2, 0.25) is 0 Å². The summed E-state index contributed by atoms with van der Waals surface area (Å²) in [4.78, 5) is 12.9. The van der Waals surface area contributed by atoms with Crippen LogP contribution in [0.1, 0.15) is 53.8 Å². The Morgan fingerprint density at radius 3 is 2.58 bits per heavy atom. The predicted molar refractivity (Wildman–Crippen MR) is 142 cm³/mol. The Bertz CT molecular complexity index is 1430. The number of aromatic nitrogens is 4. The molecular weight excluding hydrogens is 475 g/mol. The van der Waals surface area contributed by atoms with Gasteiger partial charge in [0, 0.05) is 71.6 Å². The number of hydrogen-bond donors (Lipinski definition) is 1. The van der Waals surface area contributed by atoms with Gasteiger partial charge >= 0.3 is 0 Å². The van der Waals surface area contributed by atoms with Crippen molar-refractivity contribution in [1.29, 1.82) is 0 Å². The third kappa shape index (κ3) is 4.09. The van der Waals surface area contributed by atoms with Crippen LogP contribution in [0.5, 0.6) is 0 Å². The number of pyridine rings is 1. The smallest absolute Gasteiger partial charge is 0.142 e. The zero-order chi connectivity index (χ0) is 25.0. The molecule has 0 atom stereocenters. The molecule has 9 heteroatoms. The molecule has 1 saturated carbocycles. The van der Waals surface area contributed by atoms with Crippen LogP contribution in [0.4, 0.5) is 10.2 Å². The quantitative estimate of drug-likeness (QED) is 0.382. The number of nitrogens with zero attached hydrogens (tertiary/aromatic N) is 5. The molecule has 0 amide bonds. The van der Waals surface area contributed by atoms with E-state index in [2.05, 4.69) is 29.1 Å². The maximum absolute atomic E-state index is 16.1. The lowest BCUT2D eigenvalue weighted by molar-refractivity contribution is 0.0857. The highest BCUT2D eigenvalue weighted by Gasteiger charge is 2.31. The number of rotatable bonds is 6. The van der Waals surface area contributed by atoms with Crippen LogP contribution in [0.25, 0.3) is 32.5 Å². The van der Waals surface area contributed by atoms with Crippen molar-refractivity contribution in [2.75, 3.05) is 33.0 Å². The molecule has 0 spiro atoms. The van der Waals surface area contributed by atoms with Gasteiger partial charge in [-0.1, -0.05) is 12.1 Å². The molecule has 2 aliphatic rings. The molecule has 188 valence electrons. The van der Waals surface area contributed by atoms with E-state index in [4.69, 9.17) is 15.5 Å². The van der Waals surface area contributed by atoms with Crippen molar-refractivity contribution in [1.82, 2.24) is 24.6 Å². The van der Waals surface area contributed by atoms with Crippen LogP contribution in [-0.4, -0.2) is 52.0 Å². The van der Waals surface area contributed by atoms with Gasteiger partial charge in [0.2, 0.25) is 0 Å². The van der Waals surface area contributed by atoms with Gasteiger partial charge in [0.25, 0.3) is 0 Å². The zero-order valence-electron chi connectivity index (χ0n) is 20.9. The highest BCUT2D eigenvalue weighted by atomic mass is 32.1. The topological polar surface area (TPSA) is 82.1 Å². The van der Waals surface area contributed by atoms with Gasteiger partial charge in [0.05, 0.1) is 17.3 Å². The normalized spacial score (nSPS) is 16.9. The summed E-state index contributed by atoms with van der Waals surface area (Å²) in [5.41, 5.74) is 10.6. The Morgan fingerprint density at radius 1 is 1.08 bits per heavy atom. The maximum Gasteiger partial charge on any atom is 0.142 e. The molecule has 0 bridgehead atoms. The van der Waals surface area contributed by atoms with Crippen molar-refractivity contribution in [3.8, 4) is 21.7 Å². The minimum absolute atomic E-state index is 0.194. The minimum Gasteiger partial charge on any atom is -0.383 e. The van der Waals surface area contributed by atoms with Gasteiger partial charge in [-0.15, -0.1) is 11.3 Å². The molecular formula is C27H31FN6OS. The van der Waals surface area contributed by atoms with E-state index in [0.29, 0.717) is 22.8 Å². The fourth-order valence-electron chi connectivity index (χ4n) is 5.36. The number of hydrogen-bond acceptors (Lipinski definition) is 7. The first-order valence-corrected chi connectivity index (χ1v) is 13.4. The molecule has 0 radical (unpaired) electrons. The van der Waals surface area contributed by atoms with Crippen molar-refractivity contribution >= 4 is 27.9 Å². The third-order valence-corrected chi connectivity index (χ3v) is 8.57. The first-order valence-electron chi connectivity index (χ1n) is 12.5. The molecule has 1 aromatic carbocycles. The summed E-state index contributed by atoms with van der Waals surface area (Å²) in [7, 11) is 6.03. The Balaban J connectivity index is 1.48. The average molecular weight is 507 g/mol. The number of anilines is 1. The Morgan fingerprint density at radius 2 is 1.86 bits per heavy atom. The largest absolute Gasteiger partial charge is 0.383 e. The first kappa shape index (κ1) is 23.5. The van der Waals surface area contributed by atoms with Crippen molar-refractivity contribution in [2.45, 2.75) is 44.1 Å². The number of aryl methyl sites for hydroxylation is 1. The lowest BCUT2D eigenvalue weighted by atomic mass is 9.97. The molecule has 1 aliphatic carbocycles. The van der Waals surface area contributed by atoms with E-state index in [-0.39, 0.29) is 11.6 Å². The zero-order valence-corrected chi connectivity index (χ0v) is 21.7. The molecule has 36 heavy (non-hydrogen) atoms. The van der Waals surface area contributed by atoms with E-state index in [9.17, 15) is 0 Å². The summed E-state index contributed by atoms with van der Waals surface area (Å²) in [5.74, 6) is 0.727. The molecule has 6 rings (SSSR count). The van der Waals surface area contributed by atoms with Crippen LogP contribution in [0.15, 0.2) is 24.5 Å². The van der Waals surface area contributed by atoms with Gasteiger partial charge < -0.3 is 15.4 Å². The van der Waals surface area contributed by atoms with Gasteiger partial charge in [0.1, 0.15) is 16.6 Å². The Hall–Kier alpha value is -2.88. The van der Waals surface area contributed by atoms with Gasteiger partial charge in [-0.25, -0.2) is 14.4 Å². The van der Waals surface area contributed by atoms with Crippen LogP contribution < -0.4 is 5.73 Å².